The van der Waals surface area contributed by atoms with Crippen LogP contribution >= 0.6 is 22.9 Å². The molecule has 3 aromatic rings. The third-order valence-corrected chi connectivity index (χ3v) is 6.79. The molecule has 0 aliphatic heterocycles. The maximum absolute atomic E-state index is 13.0. The molecule has 1 saturated carbocycles. The number of thiazole rings is 1. The Morgan fingerprint density at radius 3 is 2.66 bits per heavy atom. The van der Waals surface area contributed by atoms with Crippen molar-refractivity contribution >= 4 is 40.6 Å². The zero-order chi connectivity index (χ0) is 25.3. The Balaban J connectivity index is 1.40. The molecule has 1 aliphatic rings. The Labute approximate surface area is 207 Å². The Morgan fingerprint density at radius 2 is 1.97 bits per heavy atom. The maximum Gasteiger partial charge on any atom is 0.418 e. The standard InChI is InChI=1S/C21H21ClF3N7O2S/c1-10(30-18(33)12-6-29-32(2)15(12)8-26-11-3-4-11)20-28-9-16(35-20)19(34)31-17-5-13(21(23,24)25)14(22)7-27-17/h5-7,9-11,26H,3-4,8H2,1-2H3,(H,30,33)(H,27,31,34)/t10-/m1/s1. The Hall–Kier alpha value is -3.03. The summed E-state index contributed by atoms with van der Waals surface area (Å²) in [5.41, 5.74) is 0.0960. The fourth-order valence-electron chi connectivity index (χ4n) is 3.22. The number of aryl methyl sites for hydroxylation is 1. The predicted molar refractivity (Wildman–Crippen MR) is 123 cm³/mol. The lowest BCUT2D eigenvalue weighted by Gasteiger charge is -2.12. The van der Waals surface area contributed by atoms with Crippen molar-refractivity contribution in [1.82, 2.24) is 30.4 Å². The van der Waals surface area contributed by atoms with Gasteiger partial charge in [0.1, 0.15) is 15.7 Å². The van der Waals surface area contributed by atoms with Crippen LogP contribution in [0.1, 0.15) is 62.1 Å². The number of halogens is 4. The number of carbonyl (C=O) groups is 2. The summed E-state index contributed by atoms with van der Waals surface area (Å²) in [7, 11) is 1.77. The number of alkyl halides is 3. The second-order valence-electron chi connectivity index (χ2n) is 8.04. The Bertz CT molecular complexity index is 1260. The lowest BCUT2D eigenvalue weighted by atomic mass is 10.2. The second-order valence-corrected chi connectivity index (χ2v) is 9.51. The summed E-state index contributed by atoms with van der Waals surface area (Å²) in [6.45, 7) is 2.24. The van der Waals surface area contributed by atoms with Crippen LogP contribution in [0.3, 0.4) is 0 Å². The van der Waals surface area contributed by atoms with Gasteiger partial charge in [-0.1, -0.05) is 11.6 Å². The van der Waals surface area contributed by atoms with Crippen molar-refractivity contribution in [3.05, 3.63) is 56.4 Å². The van der Waals surface area contributed by atoms with E-state index in [1.807, 2.05) is 0 Å². The van der Waals surface area contributed by atoms with E-state index in [2.05, 4.69) is 31.0 Å². The Morgan fingerprint density at radius 1 is 1.23 bits per heavy atom. The van der Waals surface area contributed by atoms with Gasteiger partial charge in [-0.25, -0.2) is 9.97 Å². The molecule has 1 atom stereocenters. The molecule has 3 heterocycles. The first-order chi connectivity index (χ1) is 16.5. The van der Waals surface area contributed by atoms with Gasteiger partial charge in [-0.05, 0) is 25.8 Å². The highest BCUT2D eigenvalue weighted by Gasteiger charge is 2.34. The van der Waals surface area contributed by atoms with E-state index < -0.39 is 28.7 Å². The minimum atomic E-state index is -4.69. The predicted octanol–water partition coefficient (Wildman–Crippen LogP) is 3.94. The van der Waals surface area contributed by atoms with Crippen LogP contribution in [0.4, 0.5) is 19.0 Å². The molecular formula is C21H21ClF3N7O2S. The number of hydrogen-bond donors (Lipinski definition) is 3. The molecule has 14 heteroatoms. The molecule has 1 aliphatic carbocycles. The molecular weight excluding hydrogens is 507 g/mol. The highest BCUT2D eigenvalue weighted by molar-refractivity contribution is 7.13. The van der Waals surface area contributed by atoms with Crippen LogP contribution < -0.4 is 16.0 Å². The highest BCUT2D eigenvalue weighted by Crippen LogP contribution is 2.35. The summed E-state index contributed by atoms with van der Waals surface area (Å²) in [5, 5.41) is 12.6. The van der Waals surface area contributed by atoms with Crippen LogP contribution in [0.5, 0.6) is 0 Å². The van der Waals surface area contributed by atoms with Gasteiger partial charge >= 0.3 is 6.18 Å². The molecule has 0 unspecified atom stereocenters. The normalized spacial score (nSPS) is 14.6. The lowest BCUT2D eigenvalue weighted by Crippen LogP contribution is -2.28. The van der Waals surface area contributed by atoms with Crippen LogP contribution in [0.25, 0.3) is 0 Å². The summed E-state index contributed by atoms with van der Waals surface area (Å²) in [6, 6.07) is 0.612. The first-order valence-corrected chi connectivity index (χ1v) is 11.8. The second kappa shape index (κ2) is 9.91. The average Bonchev–Trinajstić information content (AvgIpc) is 3.34. The SMILES string of the molecule is C[C@@H](NC(=O)c1cnn(C)c1CNC1CC1)c1ncc(C(=O)Nc2cc(C(F)(F)F)c(Cl)cn2)s1. The van der Waals surface area contributed by atoms with E-state index in [1.165, 1.54) is 12.4 Å². The first-order valence-electron chi connectivity index (χ1n) is 10.6. The lowest BCUT2D eigenvalue weighted by molar-refractivity contribution is -0.137. The quantitative estimate of drug-likeness (QED) is 0.409. The monoisotopic (exact) mass is 527 g/mol. The van der Waals surface area contributed by atoms with Gasteiger partial charge in [-0.15, -0.1) is 11.3 Å². The van der Waals surface area contributed by atoms with Crippen molar-refractivity contribution in [1.29, 1.82) is 0 Å². The number of nitrogens with zero attached hydrogens (tertiary/aromatic N) is 4. The molecule has 0 aromatic carbocycles. The molecule has 0 bridgehead atoms. The zero-order valence-electron chi connectivity index (χ0n) is 18.6. The molecule has 3 N–H and O–H groups in total. The van der Waals surface area contributed by atoms with E-state index in [-0.39, 0.29) is 16.6 Å². The smallest absolute Gasteiger partial charge is 0.343 e. The van der Waals surface area contributed by atoms with E-state index in [0.29, 0.717) is 29.2 Å². The summed E-state index contributed by atoms with van der Waals surface area (Å²) in [5.74, 6) is -1.31. The molecule has 2 amide bonds. The third-order valence-electron chi connectivity index (χ3n) is 5.31. The number of carbonyl (C=O) groups excluding carboxylic acids is 2. The van der Waals surface area contributed by atoms with Crippen LogP contribution in [-0.4, -0.2) is 37.6 Å². The fraction of sp³-hybridized carbons (Fsp3) is 0.381. The molecule has 0 radical (unpaired) electrons. The van der Waals surface area contributed by atoms with Crippen molar-refractivity contribution in [3.63, 3.8) is 0 Å². The van der Waals surface area contributed by atoms with E-state index in [4.69, 9.17) is 11.6 Å². The first kappa shape index (κ1) is 25.1. The van der Waals surface area contributed by atoms with Crippen molar-refractivity contribution in [2.75, 3.05) is 5.32 Å². The van der Waals surface area contributed by atoms with Crippen molar-refractivity contribution in [2.45, 2.75) is 44.6 Å². The number of aromatic nitrogens is 4. The van der Waals surface area contributed by atoms with Gasteiger partial charge in [0.2, 0.25) is 0 Å². The number of pyridine rings is 1. The van der Waals surface area contributed by atoms with E-state index in [0.717, 1.165) is 36.1 Å². The molecule has 35 heavy (non-hydrogen) atoms. The number of anilines is 1. The zero-order valence-corrected chi connectivity index (χ0v) is 20.2. The summed E-state index contributed by atoms with van der Waals surface area (Å²) >= 11 is 6.56. The van der Waals surface area contributed by atoms with Crippen LogP contribution in [-0.2, 0) is 19.8 Å². The van der Waals surface area contributed by atoms with Gasteiger partial charge in [-0.3, -0.25) is 14.3 Å². The largest absolute Gasteiger partial charge is 0.418 e. The summed E-state index contributed by atoms with van der Waals surface area (Å²) < 4.78 is 40.8. The van der Waals surface area contributed by atoms with Gasteiger partial charge in [0.25, 0.3) is 11.8 Å². The summed E-state index contributed by atoms with van der Waals surface area (Å²) in [4.78, 5) is 33.4. The average molecular weight is 528 g/mol. The molecule has 1 fully saturated rings. The van der Waals surface area contributed by atoms with E-state index in [9.17, 15) is 22.8 Å². The number of hydrogen-bond acceptors (Lipinski definition) is 7. The minimum Gasteiger partial charge on any atom is -0.343 e. The third kappa shape index (κ3) is 5.97. The van der Waals surface area contributed by atoms with Crippen LogP contribution in [0.2, 0.25) is 5.02 Å². The molecule has 0 saturated heterocycles. The van der Waals surface area contributed by atoms with Gasteiger partial charge in [0.05, 0.1) is 40.3 Å². The van der Waals surface area contributed by atoms with Crippen molar-refractivity contribution in [2.24, 2.45) is 7.05 Å². The highest BCUT2D eigenvalue weighted by atomic mass is 35.5. The van der Waals surface area contributed by atoms with Crippen LogP contribution in [0.15, 0.2) is 24.7 Å². The molecule has 0 spiro atoms. The van der Waals surface area contributed by atoms with Gasteiger partial charge in [0, 0.05) is 25.8 Å². The molecule has 186 valence electrons. The molecule has 9 nitrogen and oxygen atoms in total. The van der Waals surface area contributed by atoms with Crippen molar-refractivity contribution in [3.8, 4) is 0 Å². The maximum atomic E-state index is 13.0. The number of rotatable bonds is 8. The topological polar surface area (TPSA) is 114 Å². The summed E-state index contributed by atoms with van der Waals surface area (Å²) in [6.07, 6.45) is 1.16. The molecule has 4 rings (SSSR count). The number of nitrogens with one attached hydrogen (secondary N) is 3. The van der Waals surface area contributed by atoms with E-state index in [1.54, 1.807) is 18.7 Å². The van der Waals surface area contributed by atoms with Gasteiger partial charge in [-0.2, -0.15) is 18.3 Å². The van der Waals surface area contributed by atoms with Gasteiger partial charge < -0.3 is 16.0 Å². The Kier molecular flexibility index (Phi) is 7.10. The van der Waals surface area contributed by atoms with Crippen LogP contribution in [0, 0.1) is 0 Å². The van der Waals surface area contributed by atoms with E-state index >= 15 is 0 Å². The van der Waals surface area contributed by atoms with Crippen molar-refractivity contribution < 1.29 is 22.8 Å². The van der Waals surface area contributed by atoms with Gasteiger partial charge in [0.15, 0.2) is 0 Å². The molecule has 3 aromatic heterocycles. The minimum absolute atomic E-state index is 0.141. The number of amides is 2. The fourth-order valence-corrected chi connectivity index (χ4v) is 4.25.